The van der Waals surface area contributed by atoms with Crippen molar-refractivity contribution in [2.24, 2.45) is 0 Å². The zero-order valence-corrected chi connectivity index (χ0v) is 19.0. The Kier molecular flexibility index (Phi) is 6.57. The summed E-state index contributed by atoms with van der Waals surface area (Å²) in [6, 6.07) is 9.70. The number of hydrogen-bond acceptors (Lipinski definition) is 8. The molecule has 4 heterocycles. The number of carbonyl (C=O) groups excluding carboxylic acids is 1. The van der Waals surface area contributed by atoms with Gasteiger partial charge in [0, 0.05) is 30.6 Å². The van der Waals surface area contributed by atoms with Crippen molar-refractivity contribution in [1.29, 1.82) is 0 Å². The molecule has 2 aromatic heterocycles. The van der Waals surface area contributed by atoms with Crippen LogP contribution in [0.15, 0.2) is 42.7 Å². The number of aliphatic hydroxyl groups excluding tert-OH is 1. The van der Waals surface area contributed by atoms with Crippen LogP contribution in [0.4, 0.5) is 5.69 Å². The molecule has 9 heteroatoms. The van der Waals surface area contributed by atoms with Crippen LogP contribution >= 0.6 is 0 Å². The predicted octanol–water partition coefficient (Wildman–Crippen LogP) is 2.21. The first-order valence-corrected chi connectivity index (χ1v) is 11.5. The van der Waals surface area contributed by atoms with E-state index >= 15 is 0 Å². The molecule has 9 nitrogen and oxygen atoms in total. The molecule has 0 unspecified atom stereocenters. The summed E-state index contributed by atoms with van der Waals surface area (Å²) in [7, 11) is 1.64. The van der Waals surface area contributed by atoms with E-state index in [1.54, 1.807) is 19.5 Å². The second-order valence-corrected chi connectivity index (χ2v) is 8.66. The molecule has 2 aliphatic heterocycles. The number of aromatic nitrogens is 2. The molecule has 1 saturated heterocycles. The van der Waals surface area contributed by atoms with Crippen molar-refractivity contribution in [3.8, 4) is 11.5 Å². The molecule has 5 rings (SSSR count). The van der Waals surface area contributed by atoms with Gasteiger partial charge in [0.05, 0.1) is 49.0 Å². The van der Waals surface area contributed by atoms with Gasteiger partial charge in [0.2, 0.25) is 0 Å². The van der Waals surface area contributed by atoms with Crippen molar-refractivity contribution < 1.29 is 24.1 Å². The number of methoxy groups -OCH3 is 1. The van der Waals surface area contributed by atoms with Crippen LogP contribution in [0.1, 0.15) is 24.1 Å². The van der Waals surface area contributed by atoms with Crippen LogP contribution in [0.3, 0.4) is 0 Å². The van der Waals surface area contributed by atoms with Gasteiger partial charge in [-0.1, -0.05) is 0 Å². The number of carbonyl (C=O) groups is 1. The summed E-state index contributed by atoms with van der Waals surface area (Å²) in [6.07, 6.45) is 4.70. The maximum Gasteiger partial charge on any atom is 0.262 e. The summed E-state index contributed by atoms with van der Waals surface area (Å²) < 4.78 is 16.7. The van der Waals surface area contributed by atoms with E-state index in [0.29, 0.717) is 31.0 Å². The van der Waals surface area contributed by atoms with Gasteiger partial charge in [-0.15, -0.1) is 0 Å². The van der Waals surface area contributed by atoms with Crippen molar-refractivity contribution in [2.75, 3.05) is 25.6 Å². The minimum Gasteiger partial charge on any atom is -0.497 e. The number of benzene rings is 1. The highest BCUT2D eigenvalue weighted by Crippen LogP contribution is 2.28. The van der Waals surface area contributed by atoms with Crippen LogP contribution in [0.2, 0.25) is 0 Å². The molecule has 3 atom stereocenters. The van der Waals surface area contributed by atoms with Crippen molar-refractivity contribution >= 4 is 22.5 Å². The highest BCUT2D eigenvalue weighted by molar-refractivity contribution is 5.95. The molecule has 178 valence electrons. The van der Waals surface area contributed by atoms with Crippen LogP contribution in [-0.4, -0.2) is 59.6 Å². The first-order valence-electron chi connectivity index (χ1n) is 11.5. The zero-order valence-electron chi connectivity index (χ0n) is 19.0. The van der Waals surface area contributed by atoms with Gasteiger partial charge in [-0.2, -0.15) is 0 Å². The molecule has 0 saturated carbocycles. The summed E-state index contributed by atoms with van der Waals surface area (Å²) in [4.78, 5) is 20.3. The van der Waals surface area contributed by atoms with Crippen LogP contribution in [0.25, 0.3) is 10.9 Å². The molecule has 3 aromatic rings. The summed E-state index contributed by atoms with van der Waals surface area (Å²) in [6.45, 7) is 1.08. The predicted molar refractivity (Wildman–Crippen MR) is 126 cm³/mol. The Bertz CT molecular complexity index is 1180. The van der Waals surface area contributed by atoms with Gasteiger partial charge >= 0.3 is 0 Å². The fourth-order valence-corrected chi connectivity index (χ4v) is 4.45. The van der Waals surface area contributed by atoms with Gasteiger partial charge in [0.1, 0.15) is 5.75 Å². The van der Waals surface area contributed by atoms with Gasteiger partial charge in [-0.25, -0.2) is 0 Å². The average Bonchev–Trinajstić information content (AvgIpc) is 2.87. The normalized spacial score (nSPS) is 20.8. The van der Waals surface area contributed by atoms with E-state index in [1.165, 1.54) is 0 Å². The van der Waals surface area contributed by atoms with E-state index in [9.17, 15) is 9.90 Å². The minimum atomic E-state index is -0.608. The van der Waals surface area contributed by atoms with E-state index in [1.807, 2.05) is 30.3 Å². The quantitative estimate of drug-likeness (QED) is 0.488. The van der Waals surface area contributed by atoms with Gasteiger partial charge in [-0.3, -0.25) is 14.8 Å². The Balaban J connectivity index is 1.14. The molecular formula is C25H28N4O5. The van der Waals surface area contributed by atoms with E-state index in [0.717, 1.165) is 40.8 Å². The highest BCUT2D eigenvalue weighted by atomic mass is 16.5. The maximum atomic E-state index is 11.5. The molecule has 0 spiro atoms. The molecular weight excluding hydrogens is 436 g/mol. The number of hydrogen-bond donors (Lipinski definition) is 3. The third-order valence-electron chi connectivity index (χ3n) is 6.34. The number of ether oxygens (including phenoxy) is 3. The Morgan fingerprint density at radius 1 is 1.26 bits per heavy atom. The Morgan fingerprint density at radius 3 is 3.00 bits per heavy atom. The summed E-state index contributed by atoms with van der Waals surface area (Å²) in [5.41, 5.74) is 3.36. The standard InChI is InChI=1S/C25H28N4O5/c1-32-18-3-4-20-19(10-18)15(6-7-26-20)8-22(30)23-5-2-16(13-33-23)27-11-17-9-21-24(12-28-17)34-14-25(31)29-21/h3-4,6-7,9-10,12,16,22-23,27,30H,2,5,8,11,13-14H2,1H3,(H,29,31)/t16-,22+,23+/m1/s1. The smallest absolute Gasteiger partial charge is 0.262 e. The number of aliphatic hydroxyl groups is 1. The van der Waals surface area contributed by atoms with Gasteiger partial charge in [0.15, 0.2) is 12.4 Å². The summed E-state index contributed by atoms with van der Waals surface area (Å²) >= 11 is 0. The lowest BCUT2D eigenvalue weighted by Crippen LogP contribution is -2.44. The number of nitrogens with one attached hydrogen (secondary N) is 2. The lowest BCUT2D eigenvalue weighted by molar-refractivity contribution is -0.118. The van der Waals surface area contributed by atoms with Gasteiger partial charge in [-0.05, 0) is 48.7 Å². The molecule has 3 N–H and O–H groups in total. The highest BCUT2D eigenvalue weighted by Gasteiger charge is 2.28. The van der Waals surface area contributed by atoms with E-state index < -0.39 is 6.10 Å². The molecule has 1 amide bonds. The summed E-state index contributed by atoms with van der Waals surface area (Å²) in [5, 5.41) is 18.1. The lowest BCUT2D eigenvalue weighted by atomic mass is 9.95. The number of amides is 1. The molecule has 2 aliphatic rings. The molecule has 1 fully saturated rings. The van der Waals surface area contributed by atoms with Crippen molar-refractivity contribution in [3.63, 3.8) is 0 Å². The van der Waals surface area contributed by atoms with E-state index in [-0.39, 0.29) is 24.7 Å². The Labute approximate surface area is 197 Å². The van der Waals surface area contributed by atoms with Gasteiger partial charge in [0.25, 0.3) is 5.91 Å². The van der Waals surface area contributed by atoms with E-state index in [4.69, 9.17) is 14.2 Å². The Morgan fingerprint density at radius 2 is 2.18 bits per heavy atom. The van der Waals surface area contributed by atoms with Crippen LogP contribution < -0.4 is 20.1 Å². The summed E-state index contributed by atoms with van der Waals surface area (Å²) in [5.74, 6) is 1.19. The third kappa shape index (κ3) is 4.96. The topological polar surface area (TPSA) is 115 Å². The minimum absolute atomic E-state index is 0.0181. The van der Waals surface area contributed by atoms with Crippen molar-refractivity contribution in [1.82, 2.24) is 15.3 Å². The van der Waals surface area contributed by atoms with E-state index in [2.05, 4.69) is 20.6 Å². The number of rotatable bonds is 7. The van der Waals surface area contributed by atoms with Crippen LogP contribution in [-0.2, 0) is 22.5 Å². The average molecular weight is 465 g/mol. The molecule has 0 bridgehead atoms. The molecule has 0 aliphatic carbocycles. The van der Waals surface area contributed by atoms with Gasteiger partial charge < -0.3 is 30.0 Å². The lowest BCUT2D eigenvalue weighted by Gasteiger charge is -2.32. The number of fused-ring (bicyclic) bond motifs is 2. The third-order valence-corrected chi connectivity index (χ3v) is 6.34. The monoisotopic (exact) mass is 464 g/mol. The fraction of sp³-hybridized carbons (Fsp3) is 0.400. The van der Waals surface area contributed by atoms with Crippen molar-refractivity contribution in [2.45, 2.75) is 44.1 Å². The Hall–Kier alpha value is -3.27. The second-order valence-electron chi connectivity index (χ2n) is 8.66. The van der Waals surface area contributed by atoms with Crippen LogP contribution in [0.5, 0.6) is 11.5 Å². The zero-order chi connectivity index (χ0) is 23.5. The van der Waals surface area contributed by atoms with Crippen molar-refractivity contribution in [3.05, 3.63) is 54.0 Å². The number of pyridine rings is 2. The first-order chi connectivity index (χ1) is 16.6. The number of nitrogens with zero attached hydrogens (tertiary/aromatic N) is 2. The number of anilines is 1. The largest absolute Gasteiger partial charge is 0.497 e. The van der Waals surface area contributed by atoms with Crippen LogP contribution in [0, 0.1) is 0 Å². The molecule has 0 radical (unpaired) electrons. The molecule has 34 heavy (non-hydrogen) atoms. The maximum absolute atomic E-state index is 11.5. The first kappa shape index (κ1) is 22.5. The fourth-order valence-electron chi connectivity index (χ4n) is 4.45. The SMILES string of the molecule is COc1ccc2nccc(C[C@H](O)[C@@H]3CC[C@@H](NCc4cc5c(cn4)OCC(=O)N5)CO3)c2c1. The molecule has 1 aromatic carbocycles. The second kappa shape index (κ2) is 9.92.